The summed E-state index contributed by atoms with van der Waals surface area (Å²) in [5, 5.41) is 0. The van der Waals surface area contributed by atoms with Gasteiger partial charge in [0.25, 0.3) is 6.69 Å². The van der Waals surface area contributed by atoms with Gasteiger partial charge in [0, 0.05) is 0 Å². The Morgan fingerprint density at radius 3 is 2.15 bits per heavy atom. The molecule has 0 N–H and O–H groups in total. The van der Waals surface area contributed by atoms with Crippen LogP contribution in [0.4, 0.5) is 17.6 Å². The number of hydrogen-bond acceptors (Lipinski definition) is 1. The highest BCUT2D eigenvalue weighted by atomic mass is 35.7. The molecule has 0 saturated heterocycles. The standard InChI is InChI=1S/C5H8Cl2F4OSi/c1-13(6,7)3-2-12-5(10,11)4(8)9/h4H,2-3H2,1H3. The zero-order valence-electron chi connectivity index (χ0n) is 6.67. The van der Waals surface area contributed by atoms with Gasteiger partial charge in [0.15, 0.2) is 0 Å². The zero-order valence-corrected chi connectivity index (χ0v) is 9.18. The molecule has 13 heavy (non-hydrogen) atoms. The molecular weight excluding hydrogens is 251 g/mol. The van der Waals surface area contributed by atoms with Gasteiger partial charge >= 0.3 is 12.5 Å². The van der Waals surface area contributed by atoms with Gasteiger partial charge < -0.3 is 4.74 Å². The van der Waals surface area contributed by atoms with Crippen LogP contribution in [0.15, 0.2) is 0 Å². The molecule has 0 aliphatic rings. The van der Waals surface area contributed by atoms with Gasteiger partial charge in [0.05, 0.1) is 6.61 Å². The van der Waals surface area contributed by atoms with Crippen molar-refractivity contribution in [3.8, 4) is 0 Å². The molecule has 8 heteroatoms. The Hall–Kier alpha value is 0.477. The molecule has 0 rings (SSSR count). The third-order valence-electron chi connectivity index (χ3n) is 1.09. The highest BCUT2D eigenvalue weighted by molar-refractivity contribution is 7.44. The van der Waals surface area contributed by atoms with Crippen LogP contribution in [0, 0.1) is 0 Å². The molecule has 1 nitrogen and oxygen atoms in total. The Morgan fingerprint density at radius 1 is 1.38 bits per heavy atom. The highest BCUT2D eigenvalue weighted by Crippen LogP contribution is 2.26. The molecule has 0 aliphatic heterocycles. The minimum absolute atomic E-state index is 0.0155. The Labute approximate surface area is 83.4 Å². The maximum atomic E-state index is 12.1. The summed E-state index contributed by atoms with van der Waals surface area (Å²) in [5.74, 6) is 0. The van der Waals surface area contributed by atoms with E-state index in [0.717, 1.165) is 0 Å². The monoisotopic (exact) mass is 258 g/mol. The molecule has 0 heterocycles. The zero-order chi connectivity index (χ0) is 10.7. The van der Waals surface area contributed by atoms with Crippen molar-refractivity contribution in [3.05, 3.63) is 0 Å². The Kier molecular flexibility index (Phi) is 4.99. The molecule has 0 spiro atoms. The second kappa shape index (κ2) is 4.81. The predicted molar refractivity (Wildman–Crippen MR) is 45.0 cm³/mol. The fourth-order valence-electron chi connectivity index (χ4n) is 0.429. The van der Waals surface area contributed by atoms with E-state index in [0.29, 0.717) is 0 Å². The SMILES string of the molecule is C[Si](Cl)(Cl)CCOC(F)(F)C(F)F. The topological polar surface area (TPSA) is 9.23 Å². The van der Waals surface area contributed by atoms with Crippen LogP contribution in [0.1, 0.15) is 0 Å². The first-order valence-electron chi connectivity index (χ1n) is 3.33. The molecule has 0 aliphatic carbocycles. The van der Waals surface area contributed by atoms with Crippen LogP contribution in [0.3, 0.4) is 0 Å². The normalized spacial score (nSPS) is 13.8. The fraction of sp³-hybridized carbons (Fsp3) is 1.00. The number of alkyl halides is 4. The number of halogens is 6. The van der Waals surface area contributed by atoms with E-state index in [4.69, 9.17) is 22.2 Å². The lowest BCUT2D eigenvalue weighted by Crippen LogP contribution is -2.31. The summed E-state index contributed by atoms with van der Waals surface area (Å²) < 4.78 is 50.8. The van der Waals surface area contributed by atoms with E-state index in [1.54, 1.807) is 0 Å². The Bertz CT molecular complexity index is 161. The summed E-state index contributed by atoms with van der Waals surface area (Å²) in [4.78, 5) is 0. The maximum absolute atomic E-state index is 12.1. The Morgan fingerprint density at radius 2 is 1.85 bits per heavy atom. The van der Waals surface area contributed by atoms with Gasteiger partial charge in [-0.15, -0.1) is 22.2 Å². The second-order valence-electron chi connectivity index (χ2n) is 2.53. The van der Waals surface area contributed by atoms with E-state index in [9.17, 15) is 17.6 Å². The first kappa shape index (κ1) is 13.5. The minimum Gasteiger partial charge on any atom is -0.316 e. The molecule has 0 radical (unpaired) electrons. The number of hydrogen-bond donors (Lipinski definition) is 0. The van der Waals surface area contributed by atoms with Crippen LogP contribution < -0.4 is 0 Å². The molecule has 80 valence electrons. The van der Waals surface area contributed by atoms with E-state index < -0.39 is 25.8 Å². The summed E-state index contributed by atoms with van der Waals surface area (Å²) in [6, 6.07) is -0.0155. The van der Waals surface area contributed by atoms with Crippen LogP contribution in [-0.4, -0.2) is 25.8 Å². The van der Waals surface area contributed by atoms with Crippen LogP contribution in [0.25, 0.3) is 0 Å². The predicted octanol–water partition coefficient (Wildman–Crippen LogP) is 3.41. The van der Waals surface area contributed by atoms with E-state index in [1.807, 2.05) is 0 Å². The van der Waals surface area contributed by atoms with Gasteiger partial charge in [-0.05, 0) is 12.6 Å². The second-order valence-corrected chi connectivity index (χ2v) is 10.8. The van der Waals surface area contributed by atoms with E-state index in [-0.39, 0.29) is 6.04 Å². The molecule has 0 fully saturated rings. The lowest BCUT2D eigenvalue weighted by molar-refractivity contribution is -0.298. The molecule has 0 aromatic rings. The third kappa shape index (κ3) is 6.53. The van der Waals surface area contributed by atoms with Gasteiger partial charge in [0.2, 0.25) is 0 Å². The first-order valence-corrected chi connectivity index (χ1v) is 8.06. The third-order valence-corrected chi connectivity index (χ3v) is 3.31. The van der Waals surface area contributed by atoms with Gasteiger partial charge in [-0.3, -0.25) is 0 Å². The lowest BCUT2D eigenvalue weighted by atomic mass is 10.6. The Balaban J connectivity index is 3.77. The van der Waals surface area contributed by atoms with Crippen LogP contribution in [0.2, 0.25) is 12.6 Å². The summed E-state index contributed by atoms with van der Waals surface area (Å²) >= 11 is 11.1. The van der Waals surface area contributed by atoms with Crippen molar-refractivity contribution in [1.82, 2.24) is 0 Å². The van der Waals surface area contributed by atoms with Gasteiger partial charge in [0.1, 0.15) is 0 Å². The van der Waals surface area contributed by atoms with Crippen molar-refractivity contribution >= 4 is 28.9 Å². The fourth-order valence-corrected chi connectivity index (χ4v) is 1.35. The average molecular weight is 259 g/mol. The van der Waals surface area contributed by atoms with Crippen LogP contribution in [0.5, 0.6) is 0 Å². The molecule has 0 unspecified atom stereocenters. The smallest absolute Gasteiger partial charge is 0.316 e. The van der Waals surface area contributed by atoms with Crippen molar-refractivity contribution in [2.45, 2.75) is 25.1 Å². The van der Waals surface area contributed by atoms with Crippen LogP contribution in [-0.2, 0) is 4.74 Å². The van der Waals surface area contributed by atoms with Crippen molar-refractivity contribution in [1.29, 1.82) is 0 Å². The highest BCUT2D eigenvalue weighted by Gasteiger charge is 2.42. The molecule has 0 saturated carbocycles. The van der Waals surface area contributed by atoms with Crippen molar-refractivity contribution < 1.29 is 22.3 Å². The quantitative estimate of drug-likeness (QED) is 0.417. The van der Waals surface area contributed by atoms with Crippen molar-refractivity contribution in [3.63, 3.8) is 0 Å². The summed E-state index contributed by atoms with van der Waals surface area (Å²) in [7, 11) is 0. The van der Waals surface area contributed by atoms with Gasteiger partial charge in [-0.1, -0.05) is 0 Å². The van der Waals surface area contributed by atoms with Crippen LogP contribution >= 0.6 is 22.2 Å². The van der Waals surface area contributed by atoms with E-state index in [2.05, 4.69) is 4.74 Å². The average Bonchev–Trinajstić information content (AvgIpc) is 1.82. The summed E-state index contributed by atoms with van der Waals surface area (Å²) in [6.45, 7) is -1.63. The summed E-state index contributed by atoms with van der Waals surface area (Å²) in [6.07, 6.45) is -8.24. The molecular formula is C5H8Cl2F4OSi. The molecule has 0 bridgehead atoms. The van der Waals surface area contributed by atoms with E-state index >= 15 is 0 Å². The maximum Gasteiger partial charge on any atom is 0.416 e. The molecule has 0 aromatic carbocycles. The molecule has 0 amide bonds. The number of rotatable bonds is 5. The first-order chi connectivity index (χ1) is 5.65. The molecule has 0 aromatic heterocycles. The number of ether oxygens (including phenoxy) is 1. The molecule has 0 atom stereocenters. The van der Waals surface area contributed by atoms with Gasteiger partial charge in [-0.2, -0.15) is 8.78 Å². The van der Waals surface area contributed by atoms with E-state index in [1.165, 1.54) is 6.55 Å². The lowest BCUT2D eigenvalue weighted by Gasteiger charge is -2.17. The minimum atomic E-state index is -4.41. The van der Waals surface area contributed by atoms with Crippen molar-refractivity contribution in [2.24, 2.45) is 0 Å². The van der Waals surface area contributed by atoms with Gasteiger partial charge in [-0.25, -0.2) is 8.78 Å². The summed E-state index contributed by atoms with van der Waals surface area (Å²) in [5.41, 5.74) is 0. The largest absolute Gasteiger partial charge is 0.416 e. The van der Waals surface area contributed by atoms with Crippen molar-refractivity contribution in [2.75, 3.05) is 6.61 Å².